The van der Waals surface area contributed by atoms with Crippen LogP contribution in [0.5, 0.6) is 0 Å². The number of ether oxygens (including phenoxy) is 1. The van der Waals surface area contributed by atoms with Crippen LogP contribution < -0.4 is 5.32 Å². The van der Waals surface area contributed by atoms with E-state index >= 15 is 0 Å². The summed E-state index contributed by atoms with van der Waals surface area (Å²) in [6.45, 7) is -0.356. The molecule has 0 aromatic carbocycles. The van der Waals surface area contributed by atoms with Crippen molar-refractivity contribution in [2.75, 3.05) is 19.0 Å². The number of aliphatic hydroxyl groups excluding tert-OH is 3. The first-order chi connectivity index (χ1) is 9.67. The van der Waals surface area contributed by atoms with E-state index in [1.807, 2.05) is 0 Å². The van der Waals surface area contributed by atoms with Crippen LogP contribution in [0.3, 0.4) is 0 Å². The molecule has 2 aromatic rings. The zero-order valence-corrected chi connectivity index (χ0v) is 10.8. The van der Waals surface area contributed by atoms with Crippen LogP contribution in [0.2, 0.25) is 0 Å². The Morgan fingerprint density at radius 3 is 2.80 bits per heavy atom. The van der Waals surface area contributed by atoms with Crippen LogP contribution in [0.4, 0.5) is 5.82 Å². The van der Waals surface area contributed by atoms with Gasteiger partial charge in [0.1, 0.15) is 36.1 Å². The molecule has 20 heavy (non-hydrogen) atoms. The van der Waals surface area contributed by atoms with Gasteiger partial charge in [0.25, 0.3) is 0 Å². The maximum atomic E-state index is 10.1. The molecule has 1 fully saturated rings. The van der Waals surface area contributed by atoms with Gasteiger partial charge < -0.3 is 29.9 Å². The summed E-state index contributed by atoms with van der Waals surface area (Å²) in [5, 5.41) is 32.7. The molecule has 0 saturated carbocycles. The van der Waals surface area contributed by atoms with Gasteiger partial charge in [-0.25, -0.2) is 9.97 Å². The minimum absolute atomic E-state index is 0.356. The molecule has 4 N–H and O–H groups in total. The lowest BCUT2D eigenvalue weighted by Gasteiger charge is -2.17. The summed E-state index contributed by atoms with van der Waals surface area (Å²) in [6.07, 6.45) is -0.743. The summed E-state index contributed by atoms with van der Waals surface area (Å²) in [7, 11) is 1.76. The van der Waals surface area contributed by atoms with Crippen molar-refractivity contribution < 1.29 is 20.1 Å². The molecule has 1 saturated heterocycles. The van der Waals surface area contributed by atoms with Crippen molar-refractivity contribution in [2.24, 2.45) is 0 Å². The van der Waals surface area contributed by atoms with Gasteiger partial charge in [-0.05, 0) is 6.07 Å². The second-order valence-electron chi connectivity index (χ2n) is 4.66. The summed E-state index contributed by atoms with van der Waals surface area (Å²) < 4.78 is 7.12. The van der Waals surface area contributed by atoms with E-state index in [9.17, 15) is 10.2 Å². The summed E-state index contributed by atoms with van der Waals surface area (Å²) >= 11 is 0. The fraction of sp³-hybridized carbons (Fsp3) is 0.500. The normalized spacial score (nSPS) is 30.0. The van der Waals surface area contributed by atoms with Crippen LogP contribution in [-0.4, -0.2) is 61.8 Å². The lowest BCUT2D eigenvalue weighted by Crippen LogP contribution is -2.33. The minimum atomic E-state index is -1.13. The van der Waals surface area contributed by atoms with E-state index in [1.165, 1.54) is 6.33 Å². The highest BCUT2D eigenvalue weighted by Gasteiger charge is 2.43. The Balaban J connectivity index is 2.03. The molecule has 3 rings (SSSR count). The van der Waals surface area contributed by atoms with Crippen LogP contribution >= 0.6 is 0 Å². The highest BCUT2D eigenvalue weighted by atomic mass is 16.6. The Bertz CT molecular complexity index is 617. The van der Waals surface area contributed by atoms with Crippen LogP contribution in [0.1, 0.15) is 6.23 Å². The zero-order valence-electron chi connectivity index (χ0n) is 10.8. The van der Waals surface area contributed by atoms with E-state index in [4.69, 9.17) is 9.84 Å². The van der Waals surface area contributed by atoms with Gasteiger partial charge >= 0.3 is 0 Å². The number of aromatic nitrogens is 3. The molecule has 8 nitrogen and oxygen atoms in total. The van der Waals surface area contributed by atoms with Gasteiger partial charge in [-0.15, -0.1) is 0 Å². The Kier molecular flexibility index (Phi) is 3.30. The molecule has 1 aliphatic heterocycles. The van der Waals surface area contributed by atoms with Crippen molar-refractivity contribution in [3.05, 3.63) is 18.6 Å². The van der Waals surface area contributed by atoms with E-state index < -0.39 is 24.5 Å². The molecular formula is C12H16N4O4. The molecule has 1 aliphatic rings. The number of aliphatic hydroxyl groups is 3. The Labute approximate surface area is 114 Å². The fourth-order valence-corrected chi connectivity index (χ4v) is 2.49. The van der Waals surface area contributed by atoms with E-state index in [-0.39, 0.29) is 6.61 Å². The highest BCUT2D eigenvalue weighted by Crippen LogP contribution is 2.32. The minimum Gasteiger partial charge on any atom is -0.394 e. The molecule has 0 radical (unpaired) electrons. The standard InChI is InChI=1S/C12H16N4O4/c1-13-10-6-2-3-16(11(6)15-5-14-10)12-9(19)8(18)7(4-17)20-12/h2-3,5,7-9,12,17-19H,4H2,1H3,(H,13,14,15)/t7-,8-,9-,12-/m0/s1. The van der Waals surface area contributed by atoms with Gasteiger partial charge in [0, 0.05) is 13.2 Å². The summed E-state index contributed by atoms with van der Waals surface area (Å²) in [6, 6.07) is 1.80. The van der Waals surface area contributed by atoms with Crippen molar-refractivity contribution in [2.45, 2.75) is 24.5 Å². The number of anilines is 1. The molecule has 108 valence electrons. The predicted octanol–water partition coefficient (Wildman–Crippen LogP) is -0.916. The smallest absolute Gasteiger partial charge is 0.164 e. The summed E-state index contributed by atoms with van der Waals surface area (Å²) in [5.41, 5.74) is 0.583. The molecule has 0 bridgehead atoms. The number of hydrogen-bond donors (Lipinski definition) is 4. The molecule has 8 heteroatoms. The largest absolute Gasteiger partial charge is 0.394 e. The first-order valence-electron chi connectivity index (χ1n) is 6.29. The molecule has 0 aliphatic carbocycles. The first kappa shape index (κ1) is 13.3. The molecular weight excluding hydrogens is 264 g/mol. The molecule has 0 unspecified atom stereocenters. The van der Waals surface area contributed by atoms with Gasteiger partial charge in [-0.1, -0.05) is 0 Å². The molecule has 4 atom stereocenters. The van der Waals surface area contributed by atoms with Crippen LogP contribution in [0.15, 0.2) is 18.6 Å². The lowest BCUT2D eigenvalue weighted by molar-refractivity contribution is -0.0508. The van der Waals surface area contributed by atoms with Gasteiger partial charge in [0.15, 0.2) is 6.23 Å². The van der Waals surface area contributed by atoms with Gasteiger partial charge in [-0.2, -0.15) is 0 Å². The summed E-state index contributed by atoms with van der Waals surface area (Å²) in [5.74, 6) is 0.667. The average Bonchev–Trinajstić information content (AvgIpc) is 3.01. The van der Waals surface area contributed by atoms with Crippen LogP contribution in [0.25, 0.3) is 11.0 Å². The van der Waals surface area contributed by atoms with Crippen LogP contribution in [-0.2, 0) is 4.74 Å². The lowest BCUT2D eigenvalue weighted by atomic mass is 10.1. The van der Waals surface area contributed by atoms with Crippen molar-refractivity contribution in [1.29, 1.82) is 0 Å². The predicted molar refractivity (Wildman–Crippen MR) is 70.1 cm³/mol. The number of nitrogens with zero attached hydrogens (tertiary/aromatic N) is 3. The Morgan fingerprint density at radius 1 is 1.35 bits per heavy atom. The highest BCUT2D eigenvalue weighted by molar-refractivity contribution is 5.87. The molecule has 2 aromatic heterocycles. The van der Waals surface area contributed by atoms with Crippen molar-refractivity contribution in [1.82, 2.24) is 14.5 Å². The number of hydrogen-bond acceptors (Lipinski definition) is 7. The third kappa shape index (κ3) is 1.85. The van der Waals surface area contributed by atoms with E-state index in [2.05, 4.69) is 15.3 Å². The molecule has 3 heterocycles. The third-order valence-corrected chi connectivity index (χ3v) is 3.54. The second kappa shape index (κ2) is 4.98. The Morgan fingerprint density at radius 2 is 2.15 bits per heavy atom. The fourth-order valence-electron chi connectivity index (χ4n) is 2.49. The maximum Gasteiger partial charge on any atom is 0.164 e. The summed E-state index contributed by atoms with van der Waals surface area (Å²) in [4.78, 5) is 8.28. The van der Waals surface area contributed by atoms with Crippen LogP contribution in [0, 0.1) is 0 Å². The van der Waals surface area contributed by atoms with Gasteiger partial charge in [-0.3, -0.25) is 0 Å². The van der Waals surface area contributed by atoms with Gasteiger partial charge in [0.05, 0.1) is 12.0 Å². The van der Waals surface area contributed by atoms with Crippen molar-refractivity contribution in [3.8, 4) is 0 Å². The first-order valence-corrected chi connectivity index (χ1v) is 6.29. The number of rotatable bonds is 3. The monoisotopic (exact) mass is 280 g/mol. The van der Waals surface area contributed by atoms with E-state index in [0.717, 1.165) is 5.39 Å². The number of nitrogens with one attached hydrogen (secondary N) is 1. The average molecular weight is 280 g/mol. The zero-order chi connectivity index (χ0) is 14.3. The van der Waals surface area contributed by atoms with Crippen molar-refractivity contribution >= 4 is 16.9 Å². The maximum absolute atomic E-state index is 10.1. The Hall–Kier alpha value is -1.74. The van der Waals surface area contributed by atoms with E-state index in [1.54, 1.807) is 23.9 Å². The molecule has 0 spiro atoms. The third-order valence-electron chi connectivity index (χ3n) is 3.54. The topological polar surface area (TPSA) is 113 Å². The number of fused-ring (bicyclic) bond motifs is 1. The van der Waals surface area contributed by atoms with Crippen molar-refractivity contribution in [3.63, 3.8) is 0 Å². The van der Waals surface area contributed by atoms with Gasteiger partial charge in [0.2, 0.25) is 0 Å². The second-order valence-corrected chi connectivity index (χ2v) is 4.66. The van der Waals surface area contributed by atoms with E-state index in [0.29, 0.717) is 11.5 Å². The SMILES string of the molecule is CNc1ncnc2c1ccn2[C@H]1O[C@@H](CO)[C@H](O)[C@@H]1O. The molecule has 0 amide bonds. The quantitative estimate of drug-likeness (QED) is 0.575.